The van der Waals surface area contributed by atoms with E-state index in [-0.39, 0.29) is 72.7 Å². The van der Waals surface area contributed by atoms with Crippen LogP contribution in [0.1, 0.15) is 33.9 Å². The normalized spacial score (nSPS) is 11.5. The molecule has 0 saturated carbocycles. The molecule has 10 aromatic rings. The van der Waals surface area contributed by atoms with E-state index in [1.54, 1.807) is 35.4 Å². The Bertz CT molecular complexity index is 4170. The Hall–Kier alpha value is -10.4. The lowest BCUT2D eigenvalue weighted by atomic mass is 10.1. The molecule has 4 aromatic carbocycles. The van der Waals surface area contributed by atoms with Gasteiger partial charge in [-0.15, -0.1) is 69.4 Å². The maximum Gasteiger partial charge on any atom is 0.573 e. The molecule has 0 aliphatic carbocycles. The first-order valence-corrected chi connectivity index (χ1v) is 26.5. The topological polar surface area (TPSA) is 294 Å². The van der Waals surface area contributed by atoms with Crippen molar-refractivity contribution >= 4 is 39.9 Å². The number of oxazole rings is 1. The summed E-state index contributed by atoms with van der Waals surface area (Å²) in [5, 5.41) is 21.0. The van der Waals surface area contributed by atoms with Crippen molar-refractivity contribution in [2.24, 2.45) is 14.1 Å². The molecule has 492 valence electrons. The van der Waals surface area contributed by atoms with E-state index in [4.69, 9.17) is 30.6 Å². The largest absolute Gasteiger partial charge is 0.573 e. The zero-order chi connectivity index (χ0) is 67.6. The number of carboxylic acid groups (broad SMARTS) is 1. The Morgan fingerprint density at radius 3 is 1.29 bits per heavy atom. The molecule has 0 spiro atoms. The Kier molecular flexibility index (Phi) is 24.1. The summed E-state index contributed by atoms with van der Waals surface area (Å²) in [6.07, 6.45) is -10.5. The first kappa shape index (κ1) is 70.7. The third-order valence-electron chi connectivity index (χ3n) is 11.6. The lowest BCUT2D eigenvalue weighted by Gasteiger charge is -2.09. The lowest BCUT2D eigenvalue weighted by Crippen LogP contribution is -2.22. The van der Waals surface area contributed by atoms with Gasteiger partial charge in [-0.05, 0) is 90.0 Å². The number of halogens is 13. The number of aromatic amines is 1. The quantitative estimate of drug-likeness (QED) is 0.0567. The maximum atomic E-state index is 12.6. The molecular formula is C55H48ClF12N11O13. The lowest BCUT2D eigenvalue weighted by molar-refractivity contribution is -0.275. The van der Waals surface area contributed by atoms with Crippen molar-refractivity contribution in [3.63, 3.8) is 0 Å². The van der Waals surface area contributed by atoms with Crippen LogP contribution in [-0.4, -0.2) is 107 Å². The average molecular weight is 1330 g/mol. The number of fused-ring (bicyclic) bond motifs is 2. The van der Waals surface area contributed by atoms with E-state index in [0.29, 0.717) is 64.4 Å². The van der Waals surface area contributed by atoms with Crippen LogP contribution >= 0.6 is 11.6 Å². The van der Waals surface area contributed by atoms with Crippen molar-refractivity contribution in [1.82, 2.24) is 53.0 Å². The second kappa shape index (κ2) is 31.4. The molecule has 0 fully saturated rings. The molecule has 24 nitrogen and oxygen atoms in total. The van der Waals surface area contributed by atoms with E-state index in [0.717, 1.165) is 27.9 Å². The van der Waals surface area contributed by atoms with Crippen LogP contribution in [0.2, 0.25) is 0 Å². The minimum atomic E-state index is -4.76. The van der Waals surface area contributed by atoms with Crippen LogP contribution in [-0.2, 0) is 64.2 Å². The van der Waals surface area contributed by atoms with Gasteiger partial charge in [-0.2, -0.15) is 4.68 Å². The van der Waals surface area contributed by atoms with Crippen molar-refractivity contribution in [1.29, 1.82) is 0 Å². The molecule has 37 heteroatoms. The number of aryl methyl sites for hydroxylation is 5. The van der Waals surface area contributed by atoms with Crippen LogP contribution in [0.25, 0.3) is 22.3 Å². The number of benzene rings is 4. The number of nitrogens with zero attached hydrogens (tertiary/aromatic N) is 10. The average Bonchev–Trinajstić information content (AvgIpc) is 1.64. The minimum absolute atomic E-state index is 0.0179. The number of H-pyrrole nitrogens is 1. The molecular weight excluding hydrogens is 1290 g/mol. The predicted molar refractivity (Wildman–Crippen MR) is 297 cm³/mol. The van der Waals surface area contributed by atoms with E-state index in [1.807, 2.05) is 0 Å². The summed E-state index contributed by atoms with van der Waals surface area (Å²) in [5.41, 5.74) is 3.57. The summed E-state index contributed by atoms with van der Waals surface area (Å²) >= 11 is 5.47. The third-order valence-corrected chi connectivity index (χ3v) is 11.8. The SMILES string of the molecule is Cn1cnc2ncn(Cc3c[nH]c(=O)o3)c(=O)c21.Cn1cnc2ncn(Cc3nn(CCc4ccc(OC(F)(F)F)cc4)c(=O)o3)c(=O)c21.FC(F)(F)Oc1ccc(CCCl)cc1.O=C(O)Cc1ccc(OC(F)(F)F)cc1.OCCc1ccc(OC(F)(F)F)cc1. The van der Waals surface area contributed by atoms with Gasteiger partial charge in [0.1, 0.15) is 48.0 Å². The van der Waals surface area contributed by atoms with Gasteiger partial charge in [-0.1, -0.05) is 48.5 Å². The molecule has 6 heterocycles. The number of aliphatic carboxylic acids is 1. The highest BCUT2D eigenvalue weighted by atomic mass is 35.5. The van der Waals surface area contributed by atoms with Gasteiger partial charge < -0.3 is 47.1 Å². The van der Waals surface area contributed by atoms with Crippen molar-refractivity contribution in [2.45, 2.75) is 70.8 Å². The Labute approximate surface area is 511 Å². The summed E-state index contributed by atoms with van der Waals surface area (Å²) < 4.78 is 174. The van der Waals surface area contributed by atoms with Crippen LogP contribution in [0.3, 0.4) is 0 Å². The summed E-state index contributed by atoms with van der Waals surface area (Å²) in [4.78, 5) is 76.4. The summed E-state index contributed by atoms with van der Waals surface area (Å²) in [6, 6.07) is 21.1. The van der Waals surface area contributed by atoms with Gasteiger partial charge in [0, 0.05) is 32.8 Å². The van der Waals surface area contributed by atoms with Gasteiger partial charge in [0.25, 0.3) is 11.1 Å². The zero-order valence-corrected chi connectivity index (χ0v) is 48.0. The van der Waals surface area contributed by atoms with Crippen molar-refractivity contribution in [2.75, 3.05) is 12.5 Å². The fourth-order valence-electron chi connectivity index (χ4n) is 7.66. The van der Waals surface area contributed by atoms with Crippen molar-refractivity contribution in [3.05, 3.63) is 204 Å². The summed E-state index contributed by atoms with van der Waals surface area (Å²) in [6.45, 7) is 0.152. The molecule has 10 rings (SSSR count). The smallest absolute Gasteiger partial charge is 0.481 e. The van der Waals surface area contributed by atoms with Crippen LogP contribution in [0, 0.1) is 0 Å². The monoisotopic (exact) mass is 1330 g/mol. The Morgan fingerprint density at radius 1 is 0.543 bits per heavy atom. The maximum absolute atomic E-state index is 12.6. The predicted octanol–water partition coefficient (Wildman–Crippen LogP) is 8.63. The number of hydrogen-bond donors (Lipinski definition) is 3. The van der Waals surface area contributed by atoms with Crippen molar-refractivity contribution in [3.8, 4) is 23.0 Å². The van der Waals surface area contributed by atoms with Gasteiger partial charge >= 0.3 is 42.9 Å². The second-order valence-corrected chi connectivity index (χ2v) is 18.9. The highest BCUT2D eigenvalue weighted by Crippen LogP contribution is 2.26. The zero-order valence-electron chi connectivity index (χ0n) is 47.3. The van der Waals surface area contributed by atoms with Crippen LogP contribution in [0.5, 0.6) is 23.0 Å². The van der Waals surface area contributed by atoms with E-state index in [9.17, 15) is 76.7 Å². The number of rotatable bonds is 17. The van der Waals surface area contributed by atoms with E-state index >= 15 is 0 Å². The molecule has 3 N–H and O–H groups in total. The molecule has 92 heavy (non-hydrogen) atoms. The van der Waals surface area contributed by atoms with E-state index in [2.05, 4.69) is 49.0 Å². The number of ether oxygens (including phenoxy) is 4. The number of imidazole rings is 2. The Balaban J connectivity index is 0.000000191. The molecule has 0 amide bonds. The van der Waals surface area contributed by atoms with Crippen LogP contribution in [0.4, 0.5) is 52.7 Å². The standard InChI is InChI=1S/C18H15F3N6O4.C10H9N5O3.C9H8ClF3O.C9H7F3O3.C9H9F3O2/c1-25-9-22-15-14(25)16(28)26(10-23-15)8-13-24-27(17(29)30-13)7-6-11-2-4-12(5-3-11)31-18(19,20)21;1-14-4-12-8-7(14)9(16)15(5-13-8)3-6-2-11-10(17)18-6;10-6-5-7-1-3-8(4-2-7)14-9(11,12)13;10-9(11,12)15-7-3-1-6(2-4-7)5-8(13)14;10-9(11,12)14-8-3-1-7(2-4-8)5-6-13/h2-5,9-10H,6-8H2,1H3;2,4-5H,3H2,1H3,(H,11,17);1-4H,5-6H2;1-4H,5H2,(H,13,14);1-4,13H,5-6H2. The molecule has 0 aliphatic heterocycles. The van der Waals surface area contributed by atoms with Gasteiger partial charge in [-0.3, -0.25) is 28.5 Å². The molecule has 0 aliphatic rings. The number of hydrogen-bond acceptors (Lipinski definition) is 17. The molecule has 0 unspecified atom stereocenters. The van der Waals surface area contributed by atoms with Crippen LogP contribution < -0.4 is 41.6 Å². The van der Waals surface area contributed by atoms with Gasteiger partial charge in [0.2, 0.25) is 5.89 Å². The third kappa shape index (κ3) is 23.2. The number of alkyl halides is 13. The Morgan fingerprint density at radius 2 is 0.924 bits per heavy atom. The number of aromatic nitrogens is 11. The van der Waals surface area contributed by atoms with Crippen LogP contribution in [0.15, 0.2) is 157 Å². The van der Waals surface area contributed by atoms with E-state index in [1.165, 1.54) is 113 Å². The highest BCUT2D eigenvalue weighted by Gasteiger charge is 2.33. The van der Waals surface area contributed by atoms with Gasteiger partial charge in [-0.25, -0.2) is 29.5 Å². The molecule has 0 atom stereocenters. The van der Waals surface area contributed by atoms with Gasteiger partial charge in [0.05, 0.1) is 32.2 Å². The molecule has 6 aromatic heterocycles. The second-order valence-electron chi connectivity index (χ2n) is 18.5. The number of carbonyl (C=O) groups is 1. The minimum Gasteiger partial charge on any atom is -0.481 e. The molecule has 0 bridgehead atoms. The van der Waals surface area contributed by atoms with Crippen molar-refractivity contribution < 1.29 is 95.5 Å². The van der Waals surface area contributed by atoms with E-state index < -0.39 is 42.9 Å². The summed E-state index contributed by atoms with van der Waals surface area (Å²) in [5.74, 6) is -2.64. The fourth-order valence-corrected chi connectivity index (χ4v) is 7.88. The number of nitrogens with one attached hydrogen (secondary N) is 1. The molecule has 0 radical (unpaired) electrons. The number of carboxylic acids is 1. The molecule has 0 saturated heterocycles. The highest BCUT2D eigenvalue weighted by molar-refractivity contribution is 6.18. The first-order chi connectivity index (χ1) is 43.2. The summed E-state index contributed by atoms with van der Waals surface area (Å²) in [7, 11) is 3.39. The van der Waals surface area contributed by atoms with Gasteiger partial charge in [0.15, 0.2) is 22.3 Å². The number of aliphatic hydroxyl groups excluding tert-OH is 1. The first-order valence-electron chi connectivity index (χ1n) is 26.0. The fraction of sp³-hybridized carbons (Fsp3) is 0.273. The number of aliphatic hydroxyl groups is 1.